The lowest BCUT2D eigenvalue weighted by Crippen LogP contribution is -2.42. The van der Waals surface area contributed by atoms with Crippen LogP contribution in [0.1, 0.15) is 30.6 Å². The summed E-state index contributed by atoms with van der Waals surface area (Å²) in [7, 11) is -3.54. The number of hydrogen-bond acceptors (Lipinski definition) is 5. The molecule has 0 bridgehead atoms. The Balaban J connectivity index is 1.47. The van der Waals surface area contributed by atoms with Crippen LogP contribution in [-0.2, 0) is 10.0 Å². The van der Waals surface area contributed by atoms with Crippen molar-refractivity contribution in [2.24, 2.45) is 11.8 Å². The molecule has 2 atom stereocenters. The van der Waals surface area contributed by atoms with Gasteiger partial charge in [-0.2, -0.15) is 4.31 Å². The smallest absolute Gasteiger partial charge is 0.255 e. The summed E-state index contributed by atoms with van der Waals surface area (Å²) in [6.45, 7) is 5.37. The number of fused-ring (bicyclic) bond motifs is 1. The average Bonchev–Trinajstić information content (AvgIpc) is 3.15. The number of anilines is 1. The number of ether oxygens (including phenoxy) is 2. The lowest BCUT2D eigenvalue weighted by atomic mass is 9.94. The number of carbonyl (C=O) groups excluding carboxylic acids is 1. The summed E-state index contributed by atoms with van der Waals surface area (Å²) in [4.78, 5) is 12.7. The van der Waals surface area contributed by atoms with Gasteiger partial charge in [0.1, 0.15) is 0 Å². The van der Waals surface area contributed by atoms with Gasteiger partial charge in [0, 0.05) is 24.3 Å². The lowest BCUT2D eigenvalue weighted by Gasteiger charge is -2.34. The van der Waals surface area contributed by atoms with Crippen LogP contribution in [0.15, 0.2) is 47.4 Å². The molecule has 2 aliphatic rings. The van der Waals surface area contributed by atoms with Crippen LogP contribution in [0.4, 0.5) is 5.69 Å². The van der Waals surface area contributed by atoms with E-state index in [0.29, 0.717) is 47.7 Å². The highest BCUT2D eigenvalue weighted by molar-refractivity contribution is 7.89. The topological polar surface area (TPSA) is 84.9 Å². The summed E-state index contributed by atoms with van der Waals surface area (Å²) in [5, 5.41) is 2.78. The molecule has 4 rings (SSSR count). The fraction of sp³-hybridized carbons (Fsp3) is 0.381. The van der Waals surface area contributed by atoms with Gasteiger partial charge in [0.25, 0.3) is 5.91 Å². The summed E-state index contributed by atoms with van der Waals surface area (Å²) < 4.78 is 38.0. The molecule has 1 fully saturated rings. The fourth-order valence-corrected chi connectivity index (χ4v) is 5.58. The van der Waals surface area contributed by atoms with Gasteiger partial charge in [0.15, 0.2) is 11.5 Å². The molecule has 154 valence electrons. The van der Waals surface area contributed by atoms with E-state index in [9.17, 15) is 13.2 Å². The van der Waals surface area contributed by atoms with E-state index in [1.165, 1.54) is 12.1 Å². The van der Waals surface area contributed by atoms with E-state index >= 15 is 0 Å². The third kappa shape index (κ3) is 4.09. The summed E-state index contributed by atoms with van der Waals surface area (Å²) in [5.74, 6) is 1.52. The maximum atomic E-state index is 13.0. The van der Waals surface area contributed by atoms with Gasteiger partial charge in [-0.25, -0.2) is 8.42 Å². The van der Waals surface area contributed by atoms with Crippen molar-refractivity contribution in [2.75, 3.05) is 25.2 Å². The number of benzene rings is 2. The molecule has 29 heavy (non-hydrogen) atoms. The molecule has 0 spiro atoms. The van der Waals surface area contributed by atoms with E-state index in [0.717, 1.165) is 6.42 Å². The Bertz CT molecular complexity index is 1010. The van der Waals surface area contributed by atoms with Gasteiger partial charge < -0.3 is 14.8 Å². The average molecular weight is 416 g/mol. The van der Waals surface area contributed by atoms with Crippen molar-refractivity contribution < 1.29 is 22.7 Å². The molecule has 0 aromatic heterocycles. The van der Waals surface area contributed by atoms with Gasteiger partial charge in [-0.1, -0.05) is 13.8 Å². The van der Waals surface area contributed by atoms with Crippen molar-refractivity contribution in [3.8, 4) is 11.5 Å². The minimum atomic E-state index is -3.54. The number of hydrogen-bond donors (Lipinski definition) is 1. The van der Waals surface area contributed by atoms with E-state index in [2.05, 4.69) is 19.2 Å². The van der Waals surface area contributed by atoms with E-state index in [1.807, 2.05) is 0 Å². The number of nitrogens with zero attached hydrogens (tertiary/aromatic N) is 1. The highest BCUT2D eigenvalue weighted by Crippen LogP contribution is 2.33. The van der Waals surface area contributed by atoms with Gasteiger partial charge in [-0.05, 0) is 60.7 Å². The second-order valence-corrected chi connectivity index (χ2v) is 9.75. The predicted octanol–water partition coefficient (Wildman–Crippen LogP) is 3.33. The first-order valence-electron chi connectivity index (χ1n) is 9.64. The van der Waals surface area contributed by atoms with Crippen molar-refractivity contribution >= 4 is 21.6 Å². The maximum absolute atomic E-state index is 13.0. The Kier molecular flexibility index (Phi) is 5.23. The standard InChI is InChI=1S/C21H24N2O5S/c1-14-9-15(2)12-23(11-14)29(25,26)18-6-4-17(5-7-18)22-21(24)16-3-8-19-20(10-16)28-13-27-19/h3-8,10,14-15H,9,11-13H2,1-2H3,(H,22,24)/t14-,15-/m1/s1. The van der Waals surface area contributed by atoms with Crippen LogP contribution >= 0.6 is 0 Å². The largest absolute Gasteiger partial charge is 0.454 e. The zero-order valence-electron chi connectivity index (χ0n) is 16.4. The molecule has 0 aliphatic carbocycles. The van der Waals surface area contributed by atoms with E-state index < -0.39 is 10.0 Å². The molecule has 0 unspecified atom stereocenters. The van der Waals surface area contributed by atoms with Gasteiger partial charge >= 0.3 is 0 Å². The van der Waals surface area contributed by atoms with Crippen LogP contribution in [0.5, 0.6) is 11.5 Å². The van der Waals surface area contributed by atoms with Crippen LogP contribution in [0, 0.1) is 11.8 Å². The van der Waals surface area contributed by atoms with E-state index in [1.54, 1.807) is 34.6 Å². The minimum Gasteiger partial charge on any atom is -0.454 e. The van der Waals surface area contributed by atoms with Crippen LogP contribution in [-0.4, -0.2) is 38.5 Å². The highest BCUT2D eigenvalue weighted by atomic mass is 32.2. The van der Waals surface area contributed by atoms with Gasteiger partial charge in [0.2, 0.25) is 16.8 Å². The van der Waals surface area contributed by atoms with Gasteiger partial charge in [0.05, 0.1) is 4.90 Å². The summed E-state index contributed by atoms with van der Waals surface area (Å²) >= 11 is 0. The predicted molar refractivity (Wildman–Crippen MR) is 109 cm³/mol. The Morgan fingerprint density at radius 3 is 2.34 bits per heavy atom. The third-order valence-corrected chi connectivity index (χ3v) is 7.07. The summed E-state index contributed by atoms with van der Waals surface area (Å²) in [6, 6.07) is 11.2. The highest BCUT2D eigenvalue weighted by Gasteiger charge is 2.31. The molecule has 1 amide bonds. The Morgan fingerprint density at radius 2 is 1.66 bits per heavy atom. The quantitative estimate of drug-likeness (QED) is 0.826. The molecule has 8 heteroatoms. The van der Waals surface area contributed by atoms with Crippen molar-refractivity contribution in [3.63, 3.8) is 0 Å². The number of nitrogens with one attached hydrogen (secondary N) is 1. The fourth-order valence-electron chi connectivity index (χ4n) is 3.90. The first kappa shape index (κ1) is 19.7. The zero-order chi connectivity index (χ0) is 20.6. The molecule has 2 heterocycles. The number of rotatable bonds is 4. The first-order valence-corrected chi connectivity index (χ1v) is 11.1. The van der Waals surface area contributed by atoms with Gasteiger partial charge in [-0.3, -0.25) is 4.79 Å². The zero-order valence-corrected chi connectivity index (χ0v) is 17.2. The third-order valence-electron chi connectivity index (χ3n) is 5.22. The molecule has 1 N–H and O–H groups in total. The van der Waals surface area contributed by atoms with Crippen molar-refractivity contribution in [3.05, 3.63) is 48.0 Å². The molecule has 0 radical (unpaired) electrons. The SMILES string of the molecule is C[C@@H]1C[C@@H](C)CN(S(=O)(=O)c2ccc(NC(=O)c3ccc4c(c3)OCO4)cc2)C1. The summed E-state index contributed by atoms with van der Waals surface area (Å²) in [6.07, 6.45) is 1.04. The van der Waals surface area contributed by atoms with E-state index in [4.69, 9.17) is 9.47 Å². The number of amides is 1. The van der Waals surface area contributed by atoms with Crippen LogP contribution in [0.3, 0.4) is 0 Å². The Hall–Kier alpha value is -2.58. The molecular formula is C21H24N2O5S. The molecule has 1 saturated heterocycles. The number of carbonyl (C=O) groups is 1. The van der Waals surface area contributed by atoms with E-state index in [-0.39, 0.29) is 17.6 Å². The first-order chi connectivity index (χ1) is 13.8. The van der Waals surface area contributed by atoms with Crippen LogP contribution in [0.25, 0.3) is 0 Å². The van der Waals surface area contributed by atoms with Crippen molar-refractivity contribution in [2.45, 2.75) is 25.2 Å². The maximum Gasteiger partial charge on any atom is 0.255 e. The van der Waals surface area contributed by atoms with Crippen molar-refractivity contribution in [1.29, 1.82) is 0 Å². The number of piperidine rings is 1. The molecule has 2 aromatic rings. The Morgan fingerprint density at radius 1 is 1.00 bits per heavy atom. The second-order valence-electron chi connectivity index (χ2n) is 7.81. The second kappa shape index (κ2) is 7.68. The Labute approximate surface area is 170 Å². The normalized spacial score (nSPS) is 21.7. The minimum absolute atomic E-state index is 0.144. The molecule has 2 aromatic carbocycles. The summed E-state index contributed by atoms with van der Waals surface area (Å²) in [5.41, 5.74) is 0.953. The number of sulfonamides is 1. The van der Waals surface area contributed by atoms with Crippen LogP contribution < -0.4 is 14.8 Å². The van der Waals surface area contributed by atoms with Crippen LogP contribution in [0.2, 0.25) is 0 Å². The van der Waals surface area contributed by atoms with Crippen molar-refractivity contribution in [1.82, 2.24) is 4.31 Å². The van der Waals surface area contributed by atoms with Gasteiger partial charge in [-0.15, -0.1) is 0 Å². The molecule has 2 aliphatic heterocycles. The lowest BCUT2D eigenvalue weighted by molar-refractivity contribution is 0.102. The monoisotopic (exact) mass is 416 g/mol. The molecule has 0 saturated carbocycles. The molecular weight excluding hydrogens is 392 g/mol. The molecule has 7 nitrogen and oxygen atoms in total.